The minimum absolute atomic E-state index is 0.113. The lowest BCUT2D eigenvalue weighted by Crippen LogP contribution is -2.29. The van der Waals surface area contributed by atoms with Crippen LogP contribution in [0.25, 0.3) is 0 Å². The lowest BCUT2D eigenvalue weighted by Gasteiger charge is -2.17. The molecule has 1 N–H and O–H groups in total. The molecule has 3 aromatic rings. The molecular weight excluding hydrogens is 319 g/mol. The normalized spacial score (nSPS) is 12.8. The van der Waals surface area contributed by atoms with E-state index < -0.39 is 0 Å². The maximum atomic E-state index is 12.9. The molecule has 4 rings (SSSR count). The number of benzene rings is 2. The van der Waals surface area contributed by atoms with E-state index in [0.717, 1.165) is 12.1 Å². The number of hydrogen-bond acceptors (Lipinski definition) is 4. The predicted molar refractivity (Wildman–Crippen MR) is 93.5 cm³/mol. The molecule has 0 saturated carbocycles. The minimum Gasteiger partial charge on any atom is -0.324 e. The quantitative estimate of drug-likeness (QED) is 0.796. The molecule has 0 radical (unpaired) electrons. The second kappa shape index (κ2) is 6.32. The van der Waals surface area contributed by atoms with Crippen LogP contribution >= 0.6 is 0 Å². The van der Waals surface area contributed by atoms with Crippen LogP contribution in [0.15, 0.2) is 60.9 Å². The van der Waals surface area contributed by atoms with Gasteiger partial charge < -0.3 is 10.2 Å². The summed E-state index contributed by atoms with van der Waals surface area (Å²) in [5, 5.41) is 2.97. The van der Waals surface area contributed by atoms with Crippen LogP contribution in [0, 0.1) is 5.82 Å². The van der Waals surface area contributed by atoms with E-state index in [1.165, 1.54) is 30.1 Å². The fourth-order valence-corrected chi connectivity index (χ4v) is 2.87. The molecule has 25 heavy (non-hydrogen) atoms. The van der Waals surface area contributed by atoms with Crippen LogP contribution in [0.1, 0.15) is 15.9 Å². The van der Waals surface area contributed by atoms with Crippen molar-refractivity contribution >= 4 is 23.2 Å². The number of nitrogens with one attached hydrogen (secondary N) is 1. The first-order chi connectivity index (χ1) is 12.2. The number of carbonyl (C=O) groups excluding carboxylic acids is 1. The van der Waals surface area contributed by atoms with Gasteiger partial charge in [-0.1, -0.05) is 18.2 Å². The predicted octanol–water partition coefficient (Wildman–Crippen LogP) is 3.56. The molecule has 2 aromatic carbocycles. The van der Waals surface area contributed by atoms with Gasteiger partial charge in [-0.3, -0.25) is 4.79 Å². The largest absolute Gasteiger partial charge is 0.324 e. The molecule has 0 fully saturated rings. The highest BCUT2D eigenvalue weighted by atomic mass is 19.1. The molecule has 124 valence electrons. The molecule has 1 aliphatic heterocycles. The zero-order chi connectivity index (χ0) is 17.2. The zero-order valence-corrected chi connectivity index (χ0v) is 13.3. The van der Waals surface area contributed by atoms with Crippen molar-refractivity contribution in [2.24, 2.45) is 0 Å². The number of para-hydroxylation sites is 1. The number of halogens is 1. The number of rotatable bonds is 3. The molecule has 0 aliphatic carbocycles. The molecule has 0 saturated heterocycles. The third-order valence-corrected chi connectivity index (χ3v) is 4.13. The van der Waals surface area contributed by atoms with Crippen molar-refractivity contribution < 1.29 is 9.18 Å². The van der Waals surface area contributed by atoms with Gasteiger partial charge in [-0.25, -0.2) is 14.4 Å². The van der Waals surface area contributed by atoms with E-state index in [2.05, 4.69) is 15.3 Å². The Labute approximate surface area is 144 Å². The summed E-state index contributed by atoms with van der Waals surface area (Å²) in [6.45, 7) is 0.660. The average Bonchev–Trinajstić information content (AvgIpc) is 3.08. The fraction of sp³-hybridized carbons (Fsp3) is 0.105. The van der Waals surface area contributed by atoms with Gasteiger partial charge in [0, 0.05) is 30.3 Å². The Morgan fingerprint density at radius 3 is 2.52 bits per heavy atom. The molecule has 5 nitrogen and oxygen atoms in total. The maximum Gasteiger partial charge on any atom is 0.261 e. The number of amides is 1. The minimum atomic E-state index is -0.307. The molecule has 1 amide bonds. The highest BCUT2D eigenvalue weighted by Gasteiger charge is 2.25. The van der Waals surface area contributed by atoms with E-state index in [-0.39, 0.29) is 11.7 Å². The summed E-state index contributed by atoms with van der Waals surface area (Å²) in [6, 6.07) is 13.8. The number of aromatic nitrogens is 2. The monoisotopic (exact) mass is 334 g/mol. The molecule has 2 heterocycles. The van der Waals surface area contributed by atoms with Crippen LogP contribution in [0.5, 0.6) is 0 Å². The van der Waals surface area contributed by atoms with E-state index in [9.17, 15) is 9.18 Å². The van der Waals surface area contributed by atoms with E-state index in [1.54, 1.807) is 17.0 Å². The first-order valence-corrected chi connectivity index (χ1v) is 7.95. The highest BCUT2D eigenvalue weighted by molar-refractivity contribution is 6.07. The summed E-state index contributed by atoms with van der Waals surface area (Å²) in [4.78, 5) is 22.8. The van der Waals surface area contributed by atoms with E-state index in [4.69, 9.17) is 0 Å². The van der Waals surface area contributed by atoms with Crippen LogP contribution in [0.4, 0.5) is 21.7 Å². The summed E-state index contributed by atoms with van der Waals surface area (Å²) >= 11 is 0. The van der Waals surface area contributed by atoms with Crippen molar-refractivity contribution in [2.45, 2.75) is 6.42 Å². The SMILES string of the molecule is O=C(c1cnc(Nc2ccc(F)cc2)nc1)N1CCc2ccccc21. The standard InChI is InChI=1S/C19H15FN4O/c20-15-5-7-16(8-6-15)23-19-21-11-14(12-22-19)18(25)24-10-9-13-3-1-2-4-17(13)24/h1-8,11-12H,9-10H2,(H,21,22,23). The number of anilines is 3. The van der Waals surface area contributed by atoms with Crippen molar-refractivity contribution in [2.75, 3.05) is 16.8 Å². The second-order valence-electron chi connectivity index (χ2n) is 5.76. The zero-order valence-electron chi connectivity index (χ0n) is 13.3. The van der Waals surface area contributed by atoms with E-state index in [1.807, 2.05) is 24.3 Å². The van der Waals surface area contributed by atoms with Crippen LogP contribution in [-0.4, -0.2) is 22.4 Å². The third-order valence-electron chi connectivity index (χ3n) is 4.13. The van der Waals surface area contributed by atoms with Gasteiger partial charge in [-0.05, 0) is 42.3 Å². The third kappa shape index (κ3) is 3.06. The van der Waals surface area contributed by atoms with Crippen molar-refractivity contribution in [3.63, 3.8) is 0 Å². The molecule has 6 heteroatoms. The van der Waals surface area contributed by atoms with E-state index in [0.29, 0.717) is 23.7 Å². The molecular formula is C19H15FN4O. The van der Waals surface area contributed by atoms with Gasteiger partial charge in [0.15, 0.2) is 0 Å². The van der Waals surface area contributed by atoms with Crippen molar-refractivity contribution in [3.8, 4) is 0 Å². The Morgan fingerprint density at radius 2 is 1.76 bits per heavy atom. The summed E-state index contributed by atoms with van der Waals surface area (Å²) in [5.74, 6) is -0.0680. The molecule has 0 bridgehead atoms. The number of nitrogens with zero attached hydrogens (tertiary/aromatic N) is 3. The van der Waals surface area contributed by atoms with Gasteiger partial charge in [0.1, 0.15) is 5.82 Å². The second-order valence-corrected chi connectivity index (χ2v) is 5.76. The summed E-state index contributed by atoms with van der Waals surface area (Å²) in [6.07, 6.45) is 3.86. The first-order valence-electron chi connectivity index (χ1n) is 7.95. The van der Waals surface area contributed by atoms with Gasteiger partial charge in [0.05, 0.1) is 5.56 Å². The van der Waals surface area contributed by atoms with Gasteiger partial charge in [-0.2, -0.15) is 0 Å². The Hall–Kier alpha value is -3.28. The summed E-state index contributed by atoms with van der Waals surface area (Å²) in [5.41, 5.74) is 3.22. The van der Waals surface area contributed by atoms with Crippen LogP contribution in [-0.2, 0) is 6.42 Å². The first kappa shape index (κ1) is 15.3. The van der Waals surface area contributed by atoms with Crippen LogP contribution in [0.3, 0.4) is 0 Å². The van der Waals surface area contributed by atoms with Gasteiger partial charge >= 0.3 is 0 Å². The van der Waals surface area contributed by atoms with Crippen molar-refractivity contribution in [3.05, 3.63) is 77.9 Å². The summed E-state index contributed by atoms with van der Waals surface area (Å²) in [7, 11) is 0. The molecule has 0 spiro atoms. The lowest BCUT2D eigenvalue weighted by molar-refractivity contribution is 0.0988. The Kier molecular flexibility index (Phi) is 3.85. The fourth-order valence-electron chi connectivity index (χ4n) is 2.87. The van der Waals surface area contributed by atoms with Gasteiger partial charge in [-0.15, -0.1) is 0 Å². The number of fused-ring (bicyclic) bond motifs is 1. The van der Waals surface area contributed by atoms with Gasteiger partial charge in [0.2, 0.25) is 5.95 Å². The van der Waals surface area contributed by atoms with Crippen LogP contribution < -0.4 is 10.2 Å². The average molecular weight is 334 g/mol. The molecule has 0 unspecified atom stereocenters. The van der Waals surface area contributed by atoms with Gasteiger partial charge in [0.25, 0.3) is 5.91 Å². The van der Waals surface area contributed by atoms with Crippen molar-refractivity contribution in [1.82, 2.24) is 9.97 Å². The molecule has 0 atom stereocenters. The van der Waals surface area contributed by atoms with Crippen LogP contribution in [0.2, 0.25) is 0 Å². The molecule has 1 aromatic heterocycles. The Morgan fingerprint density at radius 1 is 1.04 bits per heavy atom. The Balaban J connectivity index is 1.50. The Bertz CT molecular complexity index is 909. The number of carbonyl (C=O) groups is 1. The number of hydrogen-bond donors (Lipinski definition) is 1. The molecule has 1 aliphatic rings. The summed E-state index contributed by atoms with van der Waals surface area (Å²) < 4.78 is 12.9. The lowest BCUT2D eigenvalue weighted by atomic mass is 10.2. The smallest absolute Gasteiger partial charge is 0.261 e. The van der Waals surface area contributed by atoms with E-state index >= 15 is 0 Å². The van der Waals surface area contributed by atoms with Crippen molar-refractivity contribution in [1.29, 1.82) is 0 Å². The topological polar surface area (TPSA) is 58.1 Å². The highest BCUT2D eigenvalue weighted by Crippen LogP contribution is 2.28. The maximum absolute atomic E-state index is 12.9.